The standard InChI is InChI=1S/C18H39NO/c1-4-5-6-7-9-12-15-20-16-13-10-8-11-14-19-17-18(2)3/h18-19H,4-17H2,1-3H3. The summed E-state index contributed by atoms with van der Waals surface area (Å²) in [5.41, 5.74) is 0. The van der Waals surface area contributed by atoms with Crippen LogP contribution in [0.15, 0.2) is 0 Å². The summed E-state index contributed by atoms with van der Waals surface area (Å²) >= 11 is 0. The maximum atomic E-state index is 5.68. The average Bonchev–Trinajstić information content (AvgIpc) is 2.43. The molecule has 0 aliphatic heterocycles. The Hall–Kier alpha value is -0.0800. The van der Waals surface area contributed by atoms with Crippen LogP contribution < -0.4 is 5.32 Å². The van der Waals surface area contributed by atoms with Crippen LogP contribution in [-0.2, 0) is 4.74 Å². The highest BCUT2D eigenvalue weighted by Crippen LogP contribution is 2.05. The Morgan fingerprint density at radius 1 is 0.750 bits per heavy atom. The van der Waals surface area contributed by atoms with Crippen LogP contribution in [0, 0.1) is 5.92 Å². The smallest absolute Gasteiger partial charge is 0.0466 e. The molecule has 0 unspecified atom stereocenters. The Balaban J connectivity index is 2.92. The molecular weight excluding hydrogens is 246 g/mol. The van der Waals surface area contributed by atoms with Crippen molar-refractivity contribution in [3.05, 3.63) is 0 Å². The van der Waals surface area contributed by atoms with E-state index in [9.17, 15) is 0 Å². The van der Waals surface area contributed by atoms with Gasteiger partial charge in [-0.15, -0.1) is 0 Å². The molecule has 0 bridgehead atoms. The summed E-state index contributed by atoms with van der Waals surface area (Å²) in [5.74, 6) is 0.769. The summed E-state index contributed by atoms with van der Waals surface area (Å²) in [6.45, 7) is 11.1. The molecule has 0 amide bonds. The van der Waals surface area contributed by atoms with Gasteiger partial charge < -0.3 is 10.1 Å². The minimum Gasteiger partial charge on any atom is -0.381 e. The largest absolute Gasteiger partial charge is 0.381 e. The van der Waals surface area contributed by atoms with Crippen LogP contribution in [0.3, 0.4) is 0 Å². The fourth-order valence-electron chi connectivity index (χ4n) is 2.28. The fraction of sp³-hybridized carbons (Fsp3) is 1.00. The van der Waals surface area contributed by atoms with Gasteiger partial charge in [-0.3, -0.25) is 0 Å². The first kappa shape index (κ1) is 19.9. The molecular formula is C18H39NO. The number of unbranched alkanes of at least 4 members (excludes halogenated alkanes) is 8. The van der Waals surface area contributed by atoms with Crippen LogP contribution >= 0.6 is 0 Å². The number of rotatable bonds is 16. The molecule has 0 heterocycles. The topological polar surface area (TPSA) is 21.3 Å². The van der Waals surface area contributed by atoms with Gasteiger partial charge in [-0.2, -0.15) is 0 Å². The Morgan fingerprint density at radius 3 is 1.90 bits per heavy atom. The van der Waals surface area contributed by atoms with E-state index in [0.717, 1.165) is 25.7 Å². The van der Waals surface area contributed by atoms with Crippen molar-refractivity contribution < 1.29 is 4.74 Å². The van der Waals surface area contributed by atoms with E-state index in [-0.39, 0.29) is 0 Å². The van der Waals surface area contributed by atoms with E-state index in [1.807, 2.05) is 0 Å². The predicted molar refractivity (Wildman–Crippen MR) is 90.4 cm³/mol. The van der Waals surface area contributed by atoms with E-state index in [4.69, 9.17) is 4.74 Å². The second kappa shape index (κ2) is 17.0. The summed E-state index contributed by atoms with van der Waals surface area (Å²) in [6, 6.07) is 0. The van der Waals surface area contributed by atoms with Gasteiger partial charge in [0.25, 0.3) is 0 Å². The number of hydrogen-bond acceptors (Lipinski definition) is 2. The van der Waals surface area contributed by atoms with Gasteiger partial charge in [-0.25, -0.2) is 0 Å². The van der Waals surface area contributed by atoms with E-state index >= 15 is 0 Å². The van der Waals surface area contributed by atoms with Gasteiger partial charge in [0.1, 0.15) is 0 Å². The molecule has 0 aromatic heterocycles. The molecule has 0 saturated heterocycles. The Bertz CT molecular complexity index is 171. The van der Waals surface area contributed by atoms with Crippen LogP contribution in [-0.4, -0.2) is 26.3 Å². The van der Waals surface area contributed by atoms with E-state index in [1.54, 1.807) is 0 Å². The predicted octanol–water partition coefficient (Wildman–Crippen LogP) is 5.17. The van der Waals surface area contributed by atoms with Crippen LogP contribution in [0.5, 0.6) is 0 Å². The first-order valence-electron chi connectivity index (χ1n) is 9.05. The van der Waals surface area contributed by atoms with Gasteiger partial charge in [-0.1, -0.05) is 65.7 Å². The van der Waals surface area contributed by atoms with E-state index < -0.39 is 0 Å². The van der Waals surface area contributed by atoms with Crippen molar-refractivity contribution in [2.24, 2.45) is 5.92 Å². The highest BCUT2D eigenvalue weighted by Gasteiger charge is 1.94. The number of nitrogens with one attached hydrogen (secondary N) is 1. The lowest BCUT2D eigenvalue weighted by Gasteiger charge is -2.07. The zero-order chi connectivity index (χ0) is 14.9. The summed E-state index contributed by atoms with van der Waals surface area (Å²) in [4.78, 5) is 0. The van der Waals surface area contributed by atoms with E-state index in [1.165, 1.54) is 70.8 Å². The van der Waals surface area contributed by atoms with Crippen LogP contribution in [0.4, 0.5) is 0 Å². The van der Waals surface area contributed by atoms with Gasteiger partial charge in [-0.05, 0) is 38.3 Å². The molecule has 0 atom stereocenters. The molecule has 0 spiro atoms. The third-order valence-corrected chi connectivity index (χ3v) is 3.59. The van der Waals surface area contributed by atoms with E-state index in [2.05, 4.69) is 26.1 Å². The van der Waals surface area contributed by atoms with Crippen molar-refractivity contribution in [2.75, 3.05) is 26.3 Å². The van der Waals surface area contributed by atoms with Gasteiger partial charge in [0.15, 0.2) is 0 Å². The first-order valence-corrected chi connectivity index (χ1v) is 9.05. The summed E-state index contributed by atoms with van der Waals surface area (Å²) < 4.78 is 5.68. The molecule has 20 heavy (non-hydrogen) atoms. The Labute approximate surface area is 128 Å². The molecule has 0 saturated carbocycles. The summed E-state index contributed by atoms with van der Waals surface area (Å²) in [7, 11) is 0. The molecule has 0 rings (SSSR count). The van der Waals surface area contributed by atoms with Crippen molar-refractivity contribution in [2.45, 2.75) is 85.0 Å². The molecule has 0 radical (unpaired) electrons. The van der Waals surface area contributed by atoms with Gasteiger partial charge >= 0.3 is 0 Å². The lowest BCUT2D eigenvalue weighted by molar-refractivity contribution is 0.125. The van der Waals surface area contributed by atoms with Crippen molar-refractivity contribution in [1.29, 1.82) is 0 Å². The molecule has 0 aromatic rings. The zero-order valence-corrected chi connectivity index (χ0v) is 14.4. The van der Waals surface area contributed by atoms with Crippen molar-refractivity contribution in [3.8, 4) is 0 Å². The molecule has 1 N–H and O–H groups in total. The molecule has 2 nitrogen and oxygen atoms in total. The Kier molecular flexibility index (Phi) is 16.9. The quantitative estimate of drug-likeness (QED) is 0.395. The fourth-order valence-corrected chi connectivity index (χ4v) is 2.28. The van der Waals surface area contributed by atoms with Gasteiger partial charge in [0.05, 0.1) is 0 Å². The molecule has 0 fully saturated rings. The molecule has 0 aromatic carbocycles. The van der Waals surface area contributed by atoms with Crippen LogP contribution in [0.25, 0.3) is 0 Å². The zero-order valence-electron chi connectivity index (χ0n) is 14.4. The third kappa shape index (κ3) is 17.9. The number of ether oxygens (including phenoxy) is 1. The maximum absolute atomic E-state index is 5.68. The van der Waals surface area contributed by atoms with Crippen molar-refractivity contribution in [1.82, 2.24) is 5.32 Å². The SMILES string of the molecule is CCCCCCCCOCCCCCCNCC(C)C. The highest BCUT2D eigenvalue weighted by atomic mass is 16.5. The highest BCUT2D eigenvalue weighted by molar-refractivity contribution is 4.52. The molecule has 2 heteroatoms. The number of hydrogen-bond donors (Lipinski definition) is 1. The lowest BCUT2D eigenvalue weighted by atomic mass is 10.1. The van der Waals surface area contributed by atoms with Crippen LogP contribution in [0.1, 0.15) is 85.0 Å². The average molecular weight is 286 g/mol. The van der Waals surface area contributed by atoms with Gasteiger partial charge in [0.2, 0.25) is 0 Å². The van der Waals surface area contributed by atoms with Crippen molar-refractivity contribution in [3.63, 3.8) is 0 Å². The maximum Gasteiger partial charge on any atom is 0.0466 e. The second-order valence-electron chi connectivity index (χ2n) is 6.39. The molecule has 0 aliphatic carbocycles. The Morgan fingerprint density at radius 2 is 1.30 bits per heavy atom. The van der Waals surface area contributed by atoms with Crippen molar-refractivity contribution >= 4 is 0 Å². The second-order valence-corrected chi connectivity index (χ2v) is 6.39. The normalized spacial score (nSPS) is 11.4. The monoisotopic (exact) mass is 285 g/mol. The summed E-state index contributed by atoms with van der Waals surface area (Å²) in [6.07, 6.45) is 13.3. The van der Waals surface area contributed by atoms with Crippen LogP contribution in [0.2, 0.25) is 0 Å². The lowest BCUT2D eigenvalue weighted by Crippen LogP contribution is -2.20. The first-order chi connectivity index (χ1) is 9.77. The molecule has 0 aliphatic rings. The minimum absolute atomic E-state index is 0.769. The van der Waals surface area contributed by atoms with E-state index in [0.29, 0.717) is 0 Å². The summed E-state index contributed by atoms with van der Waals surface area (Å²) in [5, 5.41) is 3.49. The minimum atomic E-state index is 0.769. The third-order valence-electron chi connectivity index (χ3n) is 3.59. The molecule has 122 valence electrons. The van der Waals surface area contributed by atoms with Gasteiger partial charge in [0, 0.05) is 13.2 Å².